The number of benzene rings is 1. The number of likely N-dealkylation sites (N-methyl/N-ethyl adjacent to an activating group) is 1. The predicted octanol–water partition coefficient (Wildman–Crippen LogP) is 2.48. The molecule has 1 unspecified atom stereocenters. The van der Waals surface area contributed by atoms with Crippen molar-refractivity contribution in [2.75, 3.05) is 31.6 Å². The van der Waals surface area contributed by atoms with Crippen molar-refractivity contribution in [1.82, 2.24) is 10.2 Å². The van der Waals surface area contributed by atoms with Gasteiger partial charge in [-0.1, -0.05) is 23.7 Å². The maximum Gasteiger partial charge on any atom is 0.0406 e. The van der Waals surface area contributed by atoms with Crippen LogP contribution < -0.4 is 5.32 Å². The molecular weight excluding hydrogens is 252 g/mol. The van der Waals surface area contributed by atoms with Gasteiger partial charge in [-0.15, -0.1) is 0 Å². The van der Waals surface area contributed by atoms with E-state index in [0.29, 0.717) is 6.04 Å². The standard InChI is InChI=1S/C13H19ClN2S/c1-16(9-13-10-17-7-6-15-13)8-11-2-4-12(14)5-3-11/h2-5,13,15H,6-10H2,1H3. The van der Waals surface area contributed by atoms with E-state index in [1.807, 2.05) is 23.9 Å². The third-order valence-electron chi connectivity index (χ3n) is 2.90. The van der Waals surface area contributed by atoms with E-state index in [2.05, 4.69) is 29.4 Å². The fourth-order valence-electron chi connectivity index (χ4n) is 2.08. The topological polar surface area (TPSA) is 15.3 Å². The summed E-state index contributed by atoms with van der Waals surface area (Å²) in [5.41, 5.74) is 1.32. The van der Waals surface area contributed by atoms with E-state index in [4.69, 9.17) is 11.6 Å². The van der Waals surface area contributed by atoms with Crippen LogP contribution >= 0.6 is 23.4 Å². The lowest BCUT2D eigenvalue weighted by molar-refractivity contribution is 0.292. The molecule has 0 radical (unpaired) electrons. The Bertz CT molecular complexity index is 336. The van der Waals surface area contributed by atoms with Gasteiger partial charge in [0.25, 0.3) is 0 Å². The number of hydrogen-bond donors (Lipinski definition) is 1. The van der Waals surface area contributed by atoms with Gasteiger partial charge in [-0.05, 0) is 24.7 Å². The summed E-state index contributed by atoms with van der Waals surface area (Å²) >= 11 is 7.92. The first-order valence-corrected chi connectivity index (χ1v) is 7.51. The minimum Gasteiger partial charge on any atom is -0.311 e. The second-order valence-electron chi connectivity index (χ2n) is 4.55. The molecule has 0 bridgehead atoms. The molecule has 4 heteroatoms. The average molecular weight is 271 g/mol. The van der Waals surface area contributed by atoms with Crippen LogP contribution in [0.3, 0.4) is 0 Å². The number of hydrogen-bond acceptors (Lipinski definition) is 3. The average Bonchev–Trinajstić information content (AvgIpc) is 2.33. The van der Waals surface area contributed by atoms with E-state index in [-0.39, 0.29) is 0 Å². The number of halogens is 1. The van der Waals surface area contributed by atoms with Gasteiger partial charge in [0, 0.05) is 42.2 Å². The van der Waals surface area contributed by atoms with Crippen molar-refractivity contribution in [2.24, 2.45) is 0 Å². The van der Waals surface area contributed by atoms with Gasteiger partial charge in [0.05, 0.1) is 0 Å². The van der Waals surface area contributed by atoms with Crippen molar-refractivity contribution in [1.29, 1.82) is 0 Å². The zero-order chi connectivity index (χ0) is 12.1. The molecule has 0 spiro atoms. The molecule has 1 heterocycles. The van der Waals surface area contributed by atoms with Crippen molar-refractivity contribution in [2.45, 2.75) is 12.6 Å². The predicted molar refractivity (Wildman–Crippen MR) is 76.9 cm³/mol. The van der Waals surface area contributed by atoms with Crippen LogP contribution in [0.15, 0.2) is 24.3 Å². The molecule has 1 aliphatic rings. The van der Waals surface area contributed by atoms with Gasteiger partial charge in [-0.3, -0.25) is 0 Å². The van der Waals surface area contributed by atoms with Crippen LogP contribution in [0.4, 0.5) is 0 Å². The minimum absolute atomic E-state index is 0.631. The molecule has 0 amide bonds. The first kappa shape index (κ1) is 13.2. The van der Waals surface area contributed by atoms with Crippen LogP contribution in [-0.4, -0.2) is 42.6 Å². The number of nitrogens with one attached hydrogen (secondary N) is 1. The summed E-state index contributed by atoms with van der Waals surface area (Å²) in [6, 6.07) is 8.74. The Balaban J connectivity index is 1.79. The van der Waals surface area contributed by atoms with Crippen molar-refractivity contribution in [3.05, 3.63) is 34.9 Å². The lowest BCUT2D eigenvalue weighted by Crippen LogP contribution is -2.44. The fourth-order valence-corrected chi connectivity index (χ4v) is 3.14. The van der Waals surface area contributed by atoms with Gasteiger partial charge < -0.3 is 10.2 Å². The Morgan fingerprint density at radius 1 is 1.41 bits per heavy atom. The highest BCUT2D eigenvalue weighted by Gasteiger charge is 2.14. The molecule has 1 atom stereocenters. The van der Waals surface area contributed by atoms with Gasteiger partial charge in [-0.25, -0.2) is 0 Å². The van der Waals surface area contributed by atoms with Gasteiger partial charge in [-0.2, -0.15) is 11.8 Å². The first-order valence-electron chi connectivity index (χ1n) is 5.98. The normalized spacial score (nSPS) is 20.8. The number of nitrogens with zero attached hydrogens (tertiary/aromatic N) is 1. The highest BCUT2D eigenvalue weighted by atomic mass is 35.5. The van der Waals surface area contributed by atoms with Crippen LogP contribution in [-0.2, 0) is 6.54 Å². The van der Waals surface area contributed by atoms with E-state index in [9.17, 15) is 0 Å². The highest BCUT2D eigenvalue weighted by molar-refractivity contribution is 7.99. The van der Waals surface area contributed by atoms with Crippen molar-refractivity contribution < 1.29 is 0 Å². The molecule has 1 aromatic rings. The fraction of sp³-hybridized carbons (Fsp3) is 0.538. The Morgan fingerprint density at radius 3 is 2.82 bits per heavy atom. The van der Waals surface area contributed by atoms with E-state index >= 15 is 0 Å². The maximum absolute atomic E-state index is 5.88. The van der Waals surface area contributed by atoms with Gasteiger partial charge >= 0.3 is 0 Å². The molecule has 2 nitrogen and oxygen atoms in total. The van der Waals surface area contributed by atoms with Crippen LogP contribution in [0.25, 0.3) is 0 Å². The van der Waals surface area contributed by atoms with Crippen LogP contribution in [0.1, 0.15) is 5.56 Å². The van der Waals surface area contributed by atoms with E-state index in [1.165, 1.54) is 17.1 Å². The molecule has 0 aliphatic carbocycles. The minimum atomic E-state index is 0.631. The highest BCUT2D eigenvalue weighted by Crippen LogP contribution is 2.12. The summed E-state index contributed by atoms with van der Waals surface area (Å²) in [5.74, 6) is 2.47. The molecule has 1 fully saturated rings. The molecule has 2 rings (SSSR count). The van der Waals surface area contributed by atoms with E-state index < -0.39 is 0 Å². The Kier molecular flexibility index (Phi) is 5.16. The second-order valence-corrected chi connectivity index (χ2v) is 6.14. The van der Waals surface area contributed by atoms with E-state index in [1.54, 1.807) is 0 Å². The molecule has 17 heavy (non-hydrogen) atoms. The van der Waals surface area contributed by atoms with Gasteiger partial charge in [0.2, 0.25) is 0 Å². The first-order chi connectivity index (χ1) is 8.24. The van der Waals surface area contributed by atoms with Crippen LogP contribution in [0.2, 0.25) is 5.02 Å². The van der Waals surface area contributed by atoms with Gasteiger partial charge in [0.15, 0.2) is 0 Å². The molecule has 1 N–H and O–H groups in total. The van der Waals surface area contributed by atoms with Crippen molar-refractivity contribution >= 4 is 23.4 Å². The van der Waals surface area contributed by atoms with Gasteiger partial charge in [0.1, 0.15) is 0 Å². The van der Waals surface area contributed by atoms with Crippen LogP contribution in [0.5, 0.6) is 0 Å². The third kappa shape index (κ3) is 4.51. The van der Waals surface area contributed by atoms with E-state index in [0.717, 1.165) is 24.7 Å². The smallest absolute Gasteiger partial charge is 0.0406 e. The largest absolute Gasteiger partial charge is 0.311 e. The van der Waals surface area contributed by atoms with Crippen LogP contribution in [0, 0.1) is 0 Å². The summed E-state index contributed by atoms with van der Waals surface area (Å²) < 4.78 is 0. The second kappa shape index (κ2) is 6.64. The monoisotopic (exact) mass is 270 g/mol. The molecule has 1 aliphatic heterocycles. The Morgan fingerprint density at radius 2 is 2.18 bits per heavy atom. The molecule has 1 aromatic carbocycles. The summed E-state index contributed by atoms with van der Waals surface area (Å²) in [6.07, 6.45) is 0. The molecule has 0 aromatic heterocycles. The van der Waals surface area contributed by atoms with Crippen molar-refractivity contribution in [3.8, 4) is 0 Å². The molecule has 94 valence electrons. The quantitative estimate of drug-likeness (QED) is 0.905. The lowest BCUT2D eigenvalue weighted by Gasteiger charge is -2.27. The zero-order valence-corrected chi connectivity index (χ0v) is 11.7. The third-order valence-corrected chi connectivity index (χ3v) is 4.28. The maximum atomic E-state index is 5.88. The zero-order valence-electron chi connectivity index (χ0n) is 10.2. The molecule has 1 saturated heterocycles. The Labute approximate surface area is 113 Å². The summed E-state index contributed by atoms with van der Waals surface area (Å²) in [6.45, 7) is 3.24. The lowest BCUT2D eigenvalue weighted by atomic mass is 10.2. The summed E-state index contributed by atoms with van der Waals surface area (Å²) in [4.78, 5) is 2.37. The molecular formula is C13H19ClN2S. The van der Waals surface area contributed by atoms with Crippen molar-refractivity contribution in [3.63, 3.8) is 0 Å². The number of thioether (sulfide) groups is 1. The Hall–Kier alpha value is -0.220. The SMILES string of the molecule is CN(Cc1ccc(Cl)cc1)CC1CSCCN1. The molecule has 0 saturated carbocycles. The number of rotatable bonds is 4. The summed E-state index contributed by atoms with van der Waals surface area (Å²) in [7, 11) is 2.18. The summed E-state index contributed by atoms with van der Waals surface area (Å²) in [5, 5.41) is 4.37.